The number of benzene rings is 2. The van der Waals surface area contributed by atoms with Gasteiger partial charge in [0.15, 0.2) is 0 Å². The van der Waals surface area contributed by atoms with Crippen LogP contribution in [0.3, 0.4) is 0 Å². The highest BCUT2D eigenvalue weighted by Gasteiger charge is 2.19. The summed E-state index contributed by atoms with van der Waals surface area (Å²) in [7, 11) is 2.68. The number of aromatic nitrogens is 3. The lowest BCUT2D eigenvalue weighted by atomic mass is 10.1. The maximum absolute atomic E-state index is 12.4. The van der Waals surface area contributed by atoms with Crippen LogP contribution in [0.5, 0.6) is 0 Å². The summed E-state index contributed by atoms with van der Waals surface area (Å²) in [4.78, 5) is 24.0. The van der Waals surface area contributed by atoms with Crippen molar-refractivity contribution in [2.24, 2.45) is 0 Å². The molecule has 0 bridgehead atoms. The fourth-order valence-electron chi connectivity index (χ4n) is 3.50. The molecule has 4 rings (SSSR count). The van der Waals surface area contributed by atoms with E-state index in [9.17, 15) is 9.59 Å². The van der Waals surface area contributed by atoms with Crippen molar-refractivity contribution in [2.45, 2.75) is 13.8 Å². The molecule has 0 radical (unpaired) electrons. The number of hydrogen-bond acceptors (Lipinski definition) is 7. The number of rotatable bonds is 5. The molecule has 0 aliphatic carbocycles. The number of aryl methyl sites for hydroxylation is 2. The van der Waals surface area contributed by atoms with Gasteiger partial charge in [0.05, 0.1) is 31.0 Å². The van der Waals surface area contributed by atoms with E-state index in [2.05, 4.69) is 10.2 Å². The predicted octanol–water partition coefficient (Wildman–Crippen LogP) is 4.38. The van der Waals surface area contributed by atoms with Crippen LogP contribution in [0.25, 0.3) is 28.6 Å². The molecule has 4 aromatic rings. The zero-order valence-electron chi connectivity index (χ0n) is 18.1. The largest absolute Gasteiger partial charge is 0.465 e. The fraction of sp³-hybridized carbons (Fsp3) is 0.167. The second kappa shape index (κ2) is 8.50. The molecule has 2 aromatic carbocycles. The van der Waals surface area contributed by atoms with Crippen molar-refractivity contribution >= 4 is 11.9 Å². The van der Waals surface area contributed by atoms with Crippen molar-refractivity contribution in [2.75, 3.05) is 14.2 Å². The first-order chi connectivity index (χ1) is 15.4. The van der Waals surface area contributed by atoms with E-state index in [-0.39, 0.29) is 0 Å². The molecule has 0 unspecified atom stereocenters. The summed E-state index contributed by atoms with van der Waals surface area (Å²) in [5.74, 6) is -0.243. The molecular weight excluding hydrogens is 410 g/mol. The van der Waals surface area contributed by atoms with E-state index in [1.807, 2.05) is 36.6 Å². The molecule has 0 atom stereocenters. The summed E-state index contributed by atoms with van der Waals surface area (Å²) in [6.07, 6.45) is 0. The normalized spacial score (nSPS) is 10.8. The van der Waals surface area contributed by atoms with E-state index in [4.69, 9.17) is 13.9 Å². The Bertz CT molecular complexity index is 1280. The lowest BCUT2D eigenvalue weighted by molar-refractivity contribution is 0.0592. The zero-order valence-corrected chi connectivity index (χ0v) is 18.1. The highest BCUT2D eigenvalue weighted by molar-refractivity contribution is 5.94. The van der Waals surface area contributed by atoms with Crippen LogP contribution in [-0.2, 0) is 9.47 Å². The minimum Gasteiger partial charge on any atom is -0.465 e. The quantitative estimate of drug-likeness (QED) is 0.433. The van der Waals surface area contributed by atoms with E-state index in [1.54, 1.807) is 36.4 Å². The molecular formula is C24H21N3O5. The van der Waals surface area contributed by atoms with Crippen LogP contribution >= 0.6 is 0 Å². The van der Waals surface area contributed by atoms with Gasteiger partial charge in [0.2, 0.25) is 11.8 Å². The lowest BCUT2D eigenvalue weighted by Gasteiger charge is -2.14. The molecule has 2 aromatic heterocycles. The molecule has 162 valence electrons. The number of esters is 2. The lowest BCUT2D eigenvalue weighted by Crippen LogP contribution is -2.10. The minimum absolute atomic E-state index is 0.303. The average Bonchev–Trinajstić information content (AvgIpc) is 3.44. The third-order valence-electron chi connectivity index (χ3n) is 5.14. The van der Waals surface area contributed by atoms with Gasteiger partial charge in [-0.3, -0.25) is 0 Å². The third-order valence-corrected chi connectivity index (χ3v) is 5.14. The number of methoxy groups -OCH3 is 2. The van der Waals surface area contributed by atoms with Crippen LogP contribution in [-0.4, -0.2) is 40.9 Å². The second-order valence-corrected chi connectivity index (χ2v) is 7.16. The van der Waals surface area contributed by atoms with Crippen LogP contribution in [0.2, 0.25) is 0 Å². The monoisotopic (exact) mass is 431 g/mol. The fourth-order valence-corrected chi connectivity index (χ4v) is 3.50. The molecule has 32 heavy (non-hydrogen) atoms. The van der Waals surface area contributed by atoms with Crippen LogP contribution in [0.4, 0.5) is 0 Å². The predicted molar refractivity (Wildman–Crippen MR) is 117 cm³/mol. The maximum Gasteiger partial charge on any atom is 0.339 e. The van der Waals surface area contributed by atoms with Crippen molar-refractivity contribution in [1.29, 1.82) is 0 Å². The topological polar surface area (TPSA) is 96.5 Å². The van der Waals surface area contributed by atoms with Gasteiger partial charge in [-0.1, -0.05) is 0 Å². The van der Waals surface area contributed by atoms with Gasteiger partial charge in [0, 0.05) is 22.5 Å². The van der Waals surface area contributed by atoms with Crippen molar-refractivity contribution in [3.8, 4) is 28.6 Å². The van der Waals surface area contributed by atoms with Gasteiger partial charge in [-0.25, -0.2) is 9.59 Å². The van der Waals surface area contributed by atoms with Crippen molar-refractivity contribution < 1.29 is 23.5 Å². The first-order valence-electron chi connectivity index (χ1n) is 9.83. The number of ether oxygens (including phenoxy) is 2. The Balaban J connectivity index is 1.74. The Morgan fingerprint density at radius 2 is 1.34 bits per heavy atom. The molecule has 8 nitrogen and oxygen atoms in total. The second-order valence-electron chi connectivity index (χ2n) is 7.16. The summed E-state index contributed by atoms with van der Waals surface area (Å²) < 4.78 is 17.5. The maximum atomic E-state index is 12.4. The first kappa shape index (κ1) is 21.0. The number of nitrogens with zero attached hydrogens (tertiary/aromatic N) is 3. The number of hydrogen-bond donors (Lipinski definition) is 0. The van der Waals surface area contributed by atoms with Gasteiger partial charge in [0.25, 0.3) is 0 Å². The molecule has 0 saturated carbocycles. The Labute approximate surface area is 184 Å². The molecule has 0 aliphatic heterocycles. The van der Waals surface area contributed by atoms with E-state index in [0.717, 1.165) is 11.4 Å². The van der Waals surface area contributed by atoms with Crippen LogP contribution in [0.1, 0.15) is 32.1 Å². The average molecular weight is 431 g/mol. The third kappa shape index (κ3) is 3.78. The Morgan fingerprint density at radius 3 is 1.94 bits per heavy atom. The van der Waals surface area contributed by atoms with Crippen LogP contribution in [0, 0.1) is 13.8 Å². The van der Waals surface area contributed by atoms with Crippen molar-refractivity contribution in [1.82, 2.24) is 14.8 Å². The van der Waals surface area contributed by atoms with Gasteiger partial charge >= 0.3 is 11.9 Å². The van der Waals surface area contributed by atoms with Crippen LogP contribution in [0.15, 0.2) is 59.0 Å². The molecule has 0 spiro atoms. The summed E-state index contributed by atoms with van der Waals surface area (Å²) in [5, 5.41) is 8.29. The van der Waals surface area contributed by atoms with Gasteiger partial charge in [-0.05, 0) is 68.4 Å². The first-order valence-corrected chi connectivity index (χ1v) is 9.83. The summed E-state index contributed by atoms with van der Waals surface area (Å²) in [5.41, 5.74) is 4.79. The Morgan fingerprint density at radius 1 is 0.781 bits per heavy atom. The standard InChI is InChI=1S/C24H21N3O5/c1-14-5-6-15(2)27(14)20-13-18(11-12-19(20)24(29)31-4)22-26-25-21(32-22)16-7-9-17(10-8-16)23(28)30-3/h5-13H,1-4H3. The van der Waals surface area contributed by atoms with E-state index in [1.165, 1.54) is 14.2 Å². The molecule has 0 saturated heterocycles. The highest BCUT2D eigenvalue weighted by Crippen LogP contribution is 2.29. The van der Waals surface area contributed by atoms with E-state index < -0.39 is 11.9 Å². The Hall–Kier alpha value is -4.20. The zero-order chi connectivity index (χ0) is 22.8. The smallest absolute Gasteiger partial charge is 0.339 e. The van der Waals surface area contributed by atoms with Gasteiger partial charge in [-0.2, -0.15) is 0 Å². The number of carbonyl (C=O) groups is 2. The SMILES string of the molecule is COC(=O)c1ccc(-c2nnc(-c3ccc(C(=O)OC)c(-n4c(C)ccc4C)c3)o2)cc1. The minimum atomic E-state index is -0.434. The molecule has 0 fully saturated rings. The molecule has 8 heteroatoms. The van der Waals surface area contributed by atoms with Gasteiger partial charge in [0.1, 0.15) is 0 Å². The van der Waals surface area contributed by atoms with E-state index in [0.29, 0.717) is 39.7 Å². The summed E-state index contributed by atoms with van der Waals surface area (Å²) in [6.45, 7) is 3.92. The van der Waals surface area contributed by atoms with Crippen molar-refractivity contribution in [3.63, 3.8) is 0 Å². The van der Waals surface area contributed by atoms with E-state index >= 15 is 0 Å². The van der Waals surface area contributed by atoms with Gasteiger partial charge < -0.3 is 18.5 Å². The van der Waals surface area contributed by atoms with Crippen molar-refractivity contribution in [3.05, 3.63) is 77.1 Å². The van der Waals surface area contributed by atoms with Crippen LogP contribution < -0.4 is 0 Å². The molecule has 0 aliphatic rings. The van der Waals surface area contributed by atoms with Gasteiger partial charge in [-0.15, -0.1) is 10.2 Å². The Kier molecular flexibility index (Phi) is 5.59. The summed E-state index contributed by atoms with van der Waals surface area (Å²) in [6, 6.07) is 15.9. The number of carbonyl (C=O) groups excluding carboxylic acids is 2. The highest BCUT2D eigenvalue weighted by atomic mass is 16.5. The molecule has 0 amide bonds. The molecule has 2 heterocycles. The summed E-state index contributed by atoms with van der Waals surface area (Å²) >= 11 is 0. The molecule has 0 N–H and O–H groups in total.